The summed E-state index contributed by atoms with van der Waals surface area (Å²) in [7, 11) is -3.41. The molecular weight excluding hydrogens is 388 g/mol. The molecule has 29 heavy (non-hydrogen) atoms. The van der Waals surface area contributed by atoms with Crippen LogP contribution in [-0.2, 0) is 27.6 Å². The summed E-state index contributed by atoms with van der Waals surface area (Å²) in [6.45, 7) is 5.78. The Labute approximate surface area is 172 Å². The zero-order chi connectivity index (χ0) is 20.6. The van der Waals surface area contributed by atoms with Crippen LogP contribution in [0.1, 0.15) is 54.7 Å². The third-order valence-corrected chi connectivity index (χ3v) is 8.23. The lowest BCUT2D eigenvalue weighted by Crippen LogP contribution is -2.29. The topological polar surface area (TPSA) is 77.4 Å². The SMILES string of the molecule is CCNC(=O)c1ccc2c(c1)c1c(n2S(=O)(=O)CC)CCC(C2CCOCC2)C1. The molecule has 2 heterocycles. The second-order valence-corrected chi connectivity index (χ2v) is 10.2. The molecule has 1 unspecified atom stereocenters. The van der Waals surface area contributed by atoms with Gasteiger partial charge in [0.1, 0.15) is 0 Å². The monoisotopic (exact) mass is 418 g/mol. The second kappa shape index (κ2) is 8.11. The lowest BCUT2D eigenvalue weighted by atomic mass is 9.75. The maximum atomic E-state index is 12.9. The molecule has 7 heteroatoms. The average Bonchev–Trinajstić information content (AvgIpc) is 3.08. The Hall–Kier alpha value is -1.86. The highest BCUT2D eigenvalue weighted by Gasteiger charge is 2.33. The minimum Gasteiger partial charge on any atom is -0.381 e. The number of amides is 1. The Morgan fingerprint density at radius 1 is 1.17 bits per heavy atom. The molecule has 1 aromatic heterocycles. The molecule has 0 spiro atoms. The van der Waals surface area contributed by atoms with Gasteiger partial charge in [0.15, 0.2) is 0 Å². The van der Waals surface area contributed by atoms with Crippen molar-refractivity contribution in [2.45, 2.75) is 46.0 Å². The molecule has 0 saturated carbocycles. The van der Waals surface area contributed by atoms with Crippen LogP contribution in [0.2, 0.25) is 0 Å². The van der Waals surface area contributed by atoms with E-state index in [1.165, 1.54) is 0 Å². The van der Waals surface area contributed by atoms with Gasteiger partial charge in [-0.3, -0.25) is 4.79 Å². The first-order valence-corrected chi connectivity index (χ1v) is 12.3. The maximum Gasteiger partial charge on any atom is 0.251 e. The zero-order valence-electron chi connectivity index (χ0n) is 17.2. The van der Waals surface area contributed by atoms with Gasteiger partial charge in [0.25, 0.3) is 5.91 Å². The van der Waals surface area contributed by atoms with Crippen molar-refractivity contribution in [3.05, 3.63) is 35.0 Å². The number of ether oxygens (including phenoxy) is 1. The number of benzene rings is 1. The van der Waals surface area contributed by atoms with Crippen LogP contribution in [0.3, 0.4) is 0 Å². The van der Waals surface area contributed by atoms with E-state index in [0.717, 1.165) is 62.0 Å². The smallest absolute Gasteiger partial charge is 0.251 e. The molecule has 1 aromatic carbocycles. The normalized spacial score (nSPS) is 20.6. The fourth-order valence-electron chi connectivity index (χ4n) is 4.99. The summed E-state index contributed by atoms with van der Waals surface area (Å²) in [5.41, 5.74) is 3.32. The van der Waals surface area contributed by atoms with E-state index >= 15 is 0 Å². The van der Waals surface area contributed by atoms with Crippen molar-refractivity contribution in [2.75, 3.05) is 25.5 Å². The van der Waals surface area contributed by atoms with Gasteiger partial charge in [0.2, 0.25) is 10.0 Å². The highest BCUT2D eigenvalue weighted by Crippen LogP contribution is 2.40. The van der Waals surface area contributed by atoms with Crippen molar-refractivity contribution in [1.82, 2.24) is 9.29 Å². The number of hydrogen-bond donors (Lipinski definition) is 1. The molecule has 2 aliphatic rings. The Morgan fingerprint density at radius 2 is 1.93 bits per heavy atom. The number of carbonyl (C=O) groups is 1. The van der Waals surface area contributed by atoms with E-state index in [0.29, 0.717) is 29.5 Å². The number of rotatable bonds is 5. The van der Waals surface area contributed by atoms with E-state index in [2.05, 4.69) is 5.32 Å². The fourth-order valence-corrected chi connectivity index (χ4v) is 6.24. The molecule has 158 valence electrons. The van der Waals surface area contributed by atoms with E-state index in [1.54, 1.807) is 23.0 Å². The third-order valence-electron chi connectivity index (χ3n) is 6.53. The Bertz CT molecular complexity index is 1020. The van der Waals surface area contributed by atoms with Crippen molar-refractivity contribution in [2.24, 2.45) is 11.8 Å². The molecule has 6 nitrogen and oxygen atoms in total. The van der Waals surface area contributed by atoms with Crippen LogP contribution in [0.25, 0.3) is 10.9 Å². The predicted octanol–water partition coefficient (Wildman–Crippen LogP) is 3.12. The number of hydrogen-bond acceptors (Lipinski definition) is 4. The molecule has 1 N–H and O–H groups in total. The summed E-state index contributed by atoms with van der Waals surface area (Å²) in [6, 6.07) is 5.42. The molecule has 1 aliphatic heterocycles. The summed E-state index contributed by atoms with van der Waals surface area (Å²) in [6.07, 6.45) is 4.81. The molecular formula is C22H30N2O4S. The fraction of sp³-hybridized carbons (Fsp3) is 0.591. The molecule has 1 saturated heterocycles. The standard InChI is InChI=1S/C22H30N2O4S/c1-3-23-22(25)17-6-8-21-19(14-17)18-13-16(15-9-11-28-12-10-15)5-7-20(18)24(21)29(26,27)4-2/h6,8,14-16H,3-5,7,9-13H2,1-2H3,(H,23,25). The van der Waals surface area contributed by atoms with Crippen LogP contribution in [0.15, 0.2) is 18.2 Å². The van der Waals surface area contributed by atoms with Crippen molar-refractivity contribution < 1.29 is 17.9 Å². The van der Waals surface area contributed by atoms with Crippen molar-refractivity contribution in [1.29, 1.82) is 0 Å². The van der Waals surface area contributed by atoms with Crippen LogP contribution >= 0.6 is 0 Å². The lowest BCUT2D eigenvalue weighted by molar-refractivity contribution is 0.0439. The molecule has 0 radical (unpaired) electrons. The first-order valence-electron chi connectivity index (χ1n) is 10.7. The molecule has 2 aromatic rings. The summed E-state index contributed by atoms with van der Waals surface area (Å²) in [5.74, 6) is 1.11. The average molecular weight is 419 g/mol. The van der Waals surface area contributed by atoms with E-state index in [4.69, 9.17) is 4.74 Å². The van der Waals surface area contributed by atoms with E-state index in [1.807, 2.05) is 13.0 Å². The second-order valence-electron chi connectivity index (χ2n) is 8.13. The van der Waals surface area contributed by atoms with Gasteiger partial charge in [-0.05, 0) is 81.5 Å². The quantitative estimate of drug-likeness (QED) is 0.809. The number of aromatic nitrogens is 1. The summed E-state index contributed by atoms with van der Waals surface area (Å²) in [4.78, 5) is 12.4. The van der Waals surface area contributed by atoms with Crippen molar-refractivity contribution in [3.8, 4) is 0 Å². The van der Waals surface area contributed by atoms with Gasteiger partial charge in [0.05, 0.1) is 11.3 Å². The van der Waals surface area contributed by atoms with E-state index in [9.17, 15) is 13.2 Å². The molecule has 1 aliphatic carbocycles. The van der Waals surface area contributed by atoms with E-state index in [-0.39, 0.29) is 11.7 Å². The first kappa shape index (κ1) is 20.4. The number of carbonyl (C=O) groups excluding carboxylic acids is 1. The van der Waals surface area contributed by atoms with E-state index < -0.39 is 10.0 Å². The van der Waals surface area contributed by atoms with Crippen LogP contribution < -0.4 is 5.32 Å². The van der Waals surface area contributed by atoms with Gasteiger partial charge in [-0.15, -0.1) is 0 Å². The molecule has 1 atom stereocenters. The number of fused-ring (bicyclic) bond motifs is 3. The highest BCUT2D eigenvalue weighted by molar-refractivity contribution is 7.90. The Kier molecular flexibility index (Phi) is 5.71. The molecule has 1 amide bonds. The number of nitrogens with zero attached hydrogens (tertiary/aromatic N) is 1. The molecule has 1 fully saturated rings. The molecule has 4 rings (SSSR count). The number of nitrogens with one attached hydrogen (secondary N) is 1. The van der Waals surface area contributed by atoms with Crippen molar-refractivity contribution in [3.63, 3.8) is 0 Å². The minimum absolute atomic E-state index is 0.0602. The summed E-state index contributed by atoms with van der Waals surface area (Å²) >= 11 is 0. The Morgan fingerprint density at radius 3 is 2.62 bits per heavy atom. The maximum absolute atomic E-state index is 12.9. The largest absolute Gasteiger partial charge is 0.381 e. The Balaban J connectivity index is 1.82. The van der Waals surface area contributed by atoms with Gasteiger partial charge in [-0.25, -0.2) is 12.4 Å². The van der Waals surface area contributed by atoms with Crippen LogP contribution in [0, 0.1) is 11.8 Å². The first-order chi connectivity index (χ1) is 14.0. The zero-order valence-corrected chi connectivity index (χ0v) is 18.1. The van der Waals surface area contributed by atoms with Gasteiger partial charge in [-0.2, -0.15) is 0 Å². The van der Waals surface area contributed by atoms with Crippen LogP contribution in [0.5, 0.6) is 0 Å². The minimum atomic E-state index is -3.41. The predicted molar refractivity (Wildman–Crippen MR) is 114 cm³/mol. The van der Waals surface area contributed by atoms with Crippen LogP contribution in [-0.4, -0.2) is 43.8 Å². The highest BCUT2D eigenvalue weighted by atomic mass is 32.2. The lowest BCUT2D eigenvalue weighted by Gasteiger charge is -2.33. The summed E-state index contributed by atoms with van der Waals surface area (Å²) < 4.78 is 32.9. The van der Waals surface area contributed by atoms with Gasteiger partial charge < -0.3 is 10.1 Å². The van der Waals surface area contributed by atoms with Gasteiger partial charge in [0, 0.05) is 36.4 Å². The van der Waals surface area contributed by atoms with Gasteiger partial charge in [-0.1, -0.05) is 0 Å². The summed E-state index contributed by atoms with van der Waals surface area (Å²) in [5, 5.41) is 3.75. The van der Waals surface area contributed by atoms with Crippen molar-refractivity contribution >= 4 is 26.8 Å². The molecule has 0 bridgehead atoms. The van der Waals surface area contributed by atoms with Crippen LogP contribution in [0.4, 0.5) is 0 Å². The third kappa shape index (κ3) is 3.70. The van der Waals surface area contributed by atoms with Gasteiger partial charge >= 0.3 is 0 Å².